The molecular formula is C12H13ClN2O3. The molecule has 2 rings (SSSR count). The summed E-state index contributed by atoms with van der Waals surface area (Å²) in [5.41, 5.74) is 0.573. The minimum atomic E-state index is -0.797. The number of hydrogen-bond donors (Lipinski definition) is 0. The maximum Gasteiger partial charge on any atom is 0.281 e. The molecule has 0 radical (unpaired) electrons. The Morgan fingerprint density at radius 3 is 2.61 bits per heavy atom. The molecule has 1 saturated heterocycles. The van der Waals surface area contributed by atoms with Crippen molar-refractivity contribution in [2.45, 2.75) is 19.4 Å². The van der Waals surface area contributed by atoms with Crippen molar-refractivity contribution in [3.63, 3.8) is 0 Å². The van der Waals surface area contributed by atoms with Crippen molar-refractivity contribution in [3.8, 4) is 0 Å². The van der Waals surface area contributed by atoms with Crippen LogP contribution in [0.15, 0.2) is 18.2 Å². The lowest BCUT2D eigenvalue weighted by Crippen LogP contribution is -2.18. The number of nitro benzene ring substituents is 1. The van der Waals surface area contributed by atoms with Gasteiger partial charge in [-0.2, -0.15) is 0 Å². The van der Waals surface area contributed by atoms with E-state index in [1.165, 1.54) is 25.0 Å². The third-order valence-corrected chi connectivity index (χ3v) is 3.28. The van der Waals surface area contributed by atoms with E-state index in [0.717, 1.165) is 18.7 Å². The van der Waals surface area contributed by atoms with Crippen LogP contribution in [0.3, 0.4) is 0 Å². The van der Waals surface area contributed by atoms with Gasteiger partial charge < -0.3 is 0 Å². The molecule has 1 fully saturated rings. The molecule has 0 spiro atoms. The summed E-state index contributed by atoms with van der Waals surface area (Å²) in [4.78, 5) is 23.6. The maximum absolute atomic E-state index is 11.1. The molecule has 1 aliphatic rings. The van der Waals surface area contributed by atoms with Gasteiger partial charge in [0.05, 0.1) is 4.92 Å². The Balaban J connectivity index is 2.24. The molecule has 1 aliphatic heterocycles. The summed E-state index contributed by atoms with van der Waals surface area (Å²) in [6.45, 7) is 2.71. The van der Waals surface area contributed by atoms with E-state index in [1.54, 1.807) is 6.07 Å². The number of hydrogen-bond acceptors (Lipinski definition) is 4. The van der Waals surface area contributed by atoms with Crippen LogP contribution in [0.2, 0.25) is 0 Å². The van der Waals surface area contributed by atoms with Gasteiger partial charge in [0.15, 0.2) is 0 Å². The number of rotatable bonds is 4. The van der Waals surface area contributed by atoms with Crippen molar-refractivity contribution in [2.24, 2.45) is 0 Å². The molecule has 0 aliphatic carbocycles. The molecule has 0 unspecified atom stereocenters. The molecule has 18 heavy (non-hydrogen) atoms. The summed E-state index contributed by atoms with van der Waals surface area (Å²) < 4.78 is 0. The third-order valence-electron chi connectivity index (χ3n) is 3.08. The number of carbonyl (C=O) groups excluding carboxylic acids is 1. The third kappa shape index (κ3) is 2.86. The van der Waals surface area contributed by atoms with Crippen LogP contribution >= 0.6 is 11.6 Å². The predicted molar refractivity (Wildman–Crippen MR) is 67.8 cm³/mol. The van der Waals surface area contributed by atoms with Crippen LogP contribution in [0.5, 0.6) is 0 Å². The highest BCUT2D eigenvalue weighted by molar-refractivity contribution is 6.68. The highest BCUT2D eigenvalue weighted by Gasteiger charge is 2.20. The Bertz CT molecular complexity index is 484. The topological polar surface area (TPSA) is 63.5 Å². The predicted octanol–water partition coefficient (Wildman–Crippen LogP) is 2.57. The molecule has 0 atom stereocenters. The van der Waals surface area contributed by atoms with E-state index in [1.807, 2.05) is 0 Å². The number of benzene rings is 1. The Morgan fingerprint density at radius 2 is 2.06 bits per heavy atom. The van der Waals surface area contributed by atoms with Gasteiger partial charge in [-0.15, -0.1) is 0 Å². The maximum atomic E-state index is 11.1. The Hall–Kier alpha value is -1.46. The van der Waals surface area contributed by atoms with Crippen LogP contribution in [0, 0.1) is 10.1 Å². The fourth-order valence-corrected chi connectivity index (χ4v) is 2.35. The zero-order valence-corrected chi connectivity index (χ0v) is 10.5. The number of nitrogens with zero attached hydrogens (tertiary/aromatic N) is 2. The van der Waals surface area contributed by atoms with Crippen molar-refractivity contribution in [1.82, 2.24) is 4.90 Å². The number of nitro groups is 1. The number of carbonyl (C=O) groups is 1. The van der Waals surface area contributed by atoms with Gasteiger partial charge in [0, 0.05) is 12.6 Å². The number of likely N-dealkylation sites (tertiary alicyclic amines) is 1. The van der Waals surface area contributed by atoms with Crippen molar-refractivity contribution in [1.29, 1.82) is 0 Å². The molecule has 96 valence electrons. The van der Waals surface area contributed by atoms with E-state index < -0.39 is 10.2 Å². The minimum Gasteiger partial charge on any atom is -0.299 e. The first kappa shape index (κ1) is 13.0. The van der Waals surface area contributed by atoms with Gasteiger partial charge in [-0.1, -0.05) is 6.07 Å². The summed E-state index contributed by atoms with van der Waals surface area (Å²) in [6.07, 6.45) is 2.33. The molecule has 1 aromatic rings. The smallest absolute Gasteiger partial charge is 0.281 e. The zero-order chi connectivity index (χ0) is 13.1. The quantitative estimate of drug-likeness (QED) is 0.478. The van der Waals surface area contributed by atoms with Crippen LogP contribution in [-0.2, 0) is 6.54 Å². The average Bonchev–Trinajstić information content (AvgIpc) is 2.81. The molecule has 5 nitrogen and oxygen atoms in total. The molecule has 0 aromatic heterocycles. The van der Waals surface area contributed by atoms with Crippen LogP contribution in [-0.4, -0.2) is 28.2 Å². The van der Waals surface area contributed by atoms with Crippen molar-refractivity contribution >= 4 is 22.5 Å². The van der Waals surface area contributed by atoms with E-state index in [-0.39, 0.29) is 11.3 Å². The van der Waals surface area contributed by atoms with Crippen molar-refractivity contribution in [2.75, 3.05) is 13.1 Å². The molecule has 6 heteroatoms. The second-order valence-corrected chi connectivity index (χ2v) is 4.71. The highest BCUT2D eigenvalue weighted by Crippen LogP contribution is 2.23. The molecule has 0 N–H and O–H groups in total. The van der Waals surface area contributed by atoms with Crippen molar-refractivity contribution in [3.05, 3.63) is 39.4 Å². The molecule has 0 saturated carbocycles. The first-order chi connectivity index (χ1) is 8.58. The molecule has 1 aromatic carbocycles. The SMILES string of the molecule is O=C(Cl)c1ccc(CN2CCCC2)cc1[N+](=O)[O-]. The van der Waals surface area contributed by atoms with Gasteiger partial charge in [-0.25, -0.2) is 0 Å². The molecule has 0 bridgehead atoms. The van der Waals surface area contributed by atoms with Crippen LogP contribution in [0.4, 0.5) is 5.69 Å². The van der Waals surface area contributed by atoms with Gasteiger partial charge in [0.1, 0.15) is 5.56 Å². The van der Waals surface area contributed by atoms with Crippen LogP contribution in [0.1, 0.15) is 28.8 Å². The summed E-state index contributed by atoms with van der Waals surface area (Å²) in [6, 6.07) is 4.59. The van der Waals surface area contributed by atoms with Gasteiger partial charge in [0.2, 0.25) is 0 Å². The normalized spacial score (nSPS) is 15.8. The molecular weight excluding hydrogens is 256 g/mol. The monoisotopic (exact) mass is 268 g/mol. The zero-order valence-electron chi connectivity index (χ0n) is 9.76. The van der Waals surface area contributed by atoms with E-state index in [2.05, 4.69) is 4.90 Å². The summed E-state index contributed by atoms with van der Waals surface area (Å²) in [5, 5.41) is 10.1. The Morgan fingerprint density at radius 1 is 1.39 bits per heavy atom. The summed E-state index contributed by atoms with van der Waals surface area (Å²) in [7, 11) is 0. The lowest BCUT2D eigenvalue weighted by molar-refractivity contribution is -0.385. The Kier molecular flexibility index (Phi) is 3.93. The highest BCUT2D eigenvalue weighted by atomic mass is 35.5. The van der Waals surface area contributed by atoms with E-state index in [9.17, 15) is 14.9 Å². The molecule has 1 heterocycles. The van der Waals surface area contributed by atoms with Gasteiger partial charge in [-0.3, -0.25) is 19.8 Å². The largest absolute Gasteiger partial charge is 0.299 e. The first-order valence-electron chi connectivity index (χ1n) is 5.77. The Labute approximate surface area is 109 Å². The van der Waals surface area contributed by atoms with E-state index >= 15 is 0 Å². The molecule has 0 amide bonds. The van der Waals surface area contributed by atoms with Crippen molar-refractivity contribution < 1.29 is 9.72 Å². The van der Waals surface area contributed by atoms with Crippen LogP contribution < -0.4 is 0 Å². The van der Waals surface area contributed by atoms with Gasteiger partial charge in [-0.05, 0) is 49.2 Å². The lowest BCUT2D eigenvalue weighted by atomic mass is 10.1. The van der Waals surface area contributed by atoms with Gasteiger partial charge >= 0.3 is 0 Å². The lowest BCUT2D eigenvalue weighted by Gasteiger charge is -2.14. The van der Waals surface area contributed by atoms with E-state index in [0.29, 0.717) is 6.54 Å². The summed E-state index contributed by atoms with van der Waals surface area (Å²) in [5.74, 6) is 0. The van der Waals surface area contributed by atoms with E-state index in [4.69, 9.17) is 11.6 Å². The van der Waals surface area contributed by atoms with Gasteiger partial charge in [0.25, 0.3) is 10.9 Å². The number of halogens is 1. The summed E-state index contributed by atoms with van der Waals surface area (Å²) >= 11 is 5.32. The fourth-order valence-electron chi connectivity index (χ4n) is 2.19. The second-order valence-electron chi connectivity index (χ2n) is 4.37. The first-order valence-corrected chi connectivity index (χ1v) is 6.15. The second kappa shape index (κ2) is 5.46. The minimum absolute atomic E-state index is 0.0492. The van der Waals surface area contributed by atoms with Crippen LogP contribution in [0.25, 0.3) is 0 Å². The average molecular weight is 269 g/mol. The standard InChI is InChI=1S/C12H13ClN2O3/c13-12(16)10-4-3-9(7-11(10)15(17)18)8-14-5-1-2-6-14/h3-4,7H,1-2,5-6,8H2. The fraction of sp³-hybridized carbons (Fsp3) is 0.417.